The SMILES string of the molecule is CCN1C(=O)C(=Cc2cc3c(nc(-c4ccccc4)n3C)s2)C(=O)N(CC)C1=S. The highest BCUT2D eigenvalue weighted by molar-refractivity contribution is 7.80. The van der Waals surface area contributed by atoms with Crippen LogP contribution in [-0.2, 0) is 16.6 Å². The van der Waals surface area contributed by atoms with Crippen LogP contribution < -0.4 is 0 Å². The molecule has 0 bridgehead atoms. The van der Waals surface area contributed by atoms with Gasteiger partial charge in [-0.1, -0.05) is 30.3 Å². The van der Waals surface area contributed by atoms with E-state index in [2.05, 4.69) is 0 Å². The molecule has 3 heterocycles. The number of amides is 2. The second-order valence-electron chi connectivity index (χ2n) is 6.64. The van der Waals surface area contributed by atoms with Crippen molar-refractivity contribution in [3.63, 3.8) is 0 Å². The number of likely N-dealkylation sites (N-methyl/N-ethyl adjacent to an activating group) is 2. The molecule has 1 aliphatic rings. The third-order valence-electron chi connectivity index (χ3n) is 4.96. The molecule has 2 aromatic heterocycles. The van der Waals surface area contributed by atoms with E-state index in [-0.39, 0.29) is 22.5 Å². The molecule has 1 fully saturated rings. The van der Waals surface area contributed by atoms with Gasteiger partial charge in [0.05, 0.1) is 5.52 Å². The largest absolute Gasteiger partial charge is 0.326 e. The Kier molecular flexibility index (Phi) is 5.06. The molecule has 8 heteroatoms. The van der Waals surface area contributed by atoms with Crippen molar-refractivity contribution < 1.29 is 9.59 Å². The van der Waals surface area contributed by atoms with Gasteiger partial charge in [0.2, 0.25) is 0 Å². The number of nitrogens with zero attached hydrogens (tertiary/aromatic N) is 4. The predicted octanol–water partition coefficient (Wildman–Crippen LogP) is 3.68. The second-order valence-corrected chi connectivity index (χ2v) is 8.07. The predicted molar refractivity (Wildman–Crippen MR) is 119 cm³/mol. The van der Waals surface area contributed by atoms with E-state index in [0.29, 0.717) is 13.1 Å². The van der Waals surface area contributed by atoms with E-state index in [1.165, 1.54) is 21.1 Å². The Morgan fingerprint density at radius 3 is 2.24 bits per heavy atom. The van der Waals surface area contributed by atoms with Crippen LogP contribution in [0.3, 0.4) is 0 Å². The van der Waals surface area contributed by atoms with Crippen molar-refractivity contribution >= 4 is 56.9 Å². The summed E-state index contributed by atoms with van der Waals surface area (Å²) in [6.45, 7) is 4.54. The highest BCUT2D eigenvalue weighted by Crippen LogP contribution is 2.32. The van der Waals surface area contributed by atoms with Crippen LogP contribution in [0.5, 0.6) is 0 Å². The molecule has 0 unspecified atom stereocenters. The minimum Gasteiger partial charge on any atom is -0.326 e. The van der Waals surface area contributed by atoms with Gasteiger partial charge in [-0.15, -0.1) is 11.3 Å². The van der Waals surface area contributed by atoms with Gasteiger partial charge in [-0.05, 0) is 38.2 Å². The molecule has 0 atom stereocenters. The van der Waals surface area contributed by atoms with Gasteiger partial charge in [0.25, 0.3) is 11.8 Å². The highest BCUT2D eigenvalue weighted by Gasteiger charge is 2.37. The van der Waals surface area contributed by atoms with Gasteiger partial charge in [0.15, 0.2) is 5.11 Å². The van der Waals surface area contributed by atoms with Crippen LogP contribution in [0, 0.1) is 0 Å². The van der Waals surface area contributed by atoms with Crippen LogP contribution in [0.1, 0.15) is 18.7 Å². The number of benzene rings is 1. The van der Waals surface area contributed by atoms with Gasteiger partial charge in [0, 0.05) is 30.6 Å². The lowest BCUT2D eigenvalue weighted by atomic mass is 10.1. The molecule has 0 aliphatic carbocycles. The van der Waals surface area contributed by atoms with Crippen LogP contribution in [-0.4, -0.2) is 49.4 Å². The number of imidazole rings is 1. The fourth-order valence-corrected chi connectivity index (χ4v) is 4.86. The average molecular weight is 425 g/mol. The molecule has 0 N–H and O–H groups in total. The molecule has 0 spiro atoms. The van der Waals surface area contributed by atoms with Crippen LogP contribution >= 0.6 is 23.6 Å². The molecule has 2 amide bonds. The number of thiocarbonyl (C=S) groups is 1. The minimum absolute atomic E-state index is 0.136. The van der Waals surface area contributed by atoms with Gasteiger partial charge in [-0.3, -0.25) is 19.4 Å². The maximum Gasteiger partial charge on any atom is 0.265 e. The number of carbonyl (C=O) groups is 2. The average Bonchev–Trinajstić information content (AvgIpc) is 3.25. The Morgan fingerprint density at radius 2 is 1.69 bits per heavy atom. The van der Waals surface area contributed by atoms with E-state index in [0.717, 1.165) is 26.6 Å². The Hall–Kier alpha value is -2.84. The summed E-state index contributed by atoms with van der Waals surface area (Å²) in [5, 5.41) is 0.271. The van der Waals surface area contributed by atoms with Crippen LogP contribution in [0.2, 0.25) is 0 Å². The monoisotopic (exact) mass is 424 g/mol. The summed E-state index contributed by atoms with van der Waals surface area (Å²) in [6, 6.07) is 12.0. The molecule has 1 aromatic carbocycles. The molecular formula is C21H20N4O2S2. The van der Waals surface area contributed by atoms with E-state index in [1.54, 1.807) is 6.08 Å². The number of carbonyl (C=O) groups excluding carboxylic acids is 2. The quantitative estimate of drug-likeness (QED) is 0.364. The summed E-state index contributed by atoms with van der Waals surface area (Å²) >= 11 is 6.77. The van der Waals surface area contributed by atoms with Crippen molar-refractivity contribution in [1.82, 2.24) is 19.4 Å². The zero-order chi connectivity index (χ0) is 20.7. The molecule has 0 saturated carbocycles. The Bertz CT molecular complexity index is 1130. The van der Waals surface area contributed by atoms with E-state index in [4.69, 9.17) is 17.2 Å². The minimum atomic E-state index is -0.345. The third-order valence-corrected chi connectivity index (χ3v) is 6.37. The van der Waals surface area contributed by atoms with Crippen molar-refractivity contribution in [2.24, 2.45) is 7.05 Å². The Balaban J connectivity index is 1.75. The first kappa shape index (κ1) is 19.5. The third kappa shape index (κ3) is 3.18. The van der Waals surface area contributed by atoms with Gasteiger partial charge in [-0.2, -0.15) is 0 Å². The molecule has 29 heavy (non-hydrogen) atoms. The van der Waals surface area contributed by atoms with Crippen molar-refractivity contribution in [2.75, 3.05) is 13.1 Å². The highest BCUT2D eigenvalue weighted by atomic mass is 32.1. The molecule has 4 rings (SSSR count). The number of aromatic nitrogens is 2. The first-order chi connectivity index (χ1) is 14.0. The molecule has 6 nitrogen and oxygen atoms in total. The molecule has 148 valence electrons. The van der Waals surface area contributed by atoms with Gasteiger partial charge >= 0.3 is 0 Å². The number of thiophene rings is 1. The number of aryl methyl sites for hydroxylation is 1. The zero-order valence-electron chi connectivity index (χ0n) is 16.4. The normalized spacial score (nSPS) is 15.0. The van der Waals surface area contributed by atoms with Crippen LogP contribution in [0.25, 0.3) is 27.8 Å². The van der Waals surface area contributed by atoms with E-state index in [9.17, 15) is 9.59 Å². The summed E-state index contributed by atoms with van der Waals surface area (Å²) in [5.74, 6) is 0.195. The lowest BCUT2D eigenvalue weighted by Gasteiger charge is -2.35. The smallest absolute Gasteiger partial charge is 0.265 e. The zero-order valence-corrected chi connectivity index (χ0v) is 18.0. The summed E-state index contributed by atoms with van der Waals surface area (Å²) in [5.41, 5.74) is 2.14. The lowest BCUT2D eigenvalue weighted by Crippen LogP contribution is -2.55. The summed E-state index contributed by atoms with van der Waals surface area (Å²) in [7, 11) is 1.97. The standard InChI is InChI=1S/C21H20N4O2S2/c1-4-24-19(26)15(20(27)25(5-2)21(24)28)11-14-12-16-18(29-14)22-17(23(16)3)13-9-7-6-8-10-13/h6-12H,4-5H2,1-3H3. The maximum absolute atomic E-state index is 12.8. The van der Waals surface area contributed by atoms with Crippen molar-refractivity contribution in [1.29, 1.82) is 0 Å². The van der Waals surface area contributed by atoms with E-state index < -0.39 is 0 Å². The first-order valence-corrected chi connectivity index (χ1v) is 10.6. The molecule has 1 aliphatic heterocycles. The van der Waals surface area contributed by atoms with Gasteiger partial charge in [0.1, 0.15) is 16.2 Å². The van der Waals surface area contributed by atoms with E-state index >= 15 is 0 Å². The lowest BCUT2D eigenvalue weighted by molar-refractivity contribution is -0.133. The Morgan fingerprint density at radius 1 is 1.07 bits per heavy atom. The Labute approximate surface area is 178 Å². The fraction of sp³-hybridized carbons (Fsp3) is 0.238. The number of hydrogen-bond acceptors (Lipinski definition) is 5. The van der Waals surface area contributed by atoms with Gasteiger partial charge in [-0.25, -0.2) is 4.98 Å². The summed E-state index contributed by atoms with van der Waals surface area (Å²) < 4.78 is 2.03. The molecular weight excluding hydrogens is 404 g/mol. The van der Waals surface area contributed by atoms with E-state index in [1.807, 2.05) is 61.9 Å². The van der Waals surface area contributed by atoms with Crippen LogP contribution in [0.4, 0.5) is 0 Å². The summed E-state index contributed by atoms with van der Waals surface area (Å²) in [4.78, 5) is 35.0. The first-order valence-electron chi connectivity index (χ1n) is 9.37. The second kappa shape index (κ2) is 7.53. The molecule has 3 aromatic rings. The van der Waals surface area contributed by atoms with Crippen molar-refractivity contribution in [2.45, 2.75) is 13.8 Å². The number of rotatable bonds is 4. The van der Waals surface area contributed by atoms with Gasteiger partial charge < -0.3 is 4.57 Å². The number of hydrogen-bond donors (Lipinski definition) is 0. The topological polar surface area (TPSA) is 58.4 Å². The number of fused-ring (bicyclic) bond motifs is 1. The molecule has 0 radical (unpaired) electrons. The maximum atomic E-state index is 12.8. The fourth-order valence-electron chi connectivity index (χ4n) is 3.44. The van der Waals surface area contributed by atoms with Crippen molar-refractivity contribution in [3.05, 3.63) is 46.8 Å². The van der Waals surface area contributed by atoms with Crippen LogP contribution in [0.15, 0.2) is 42.0 Å². The summed E-state index contributed by atoms with van der Waals surface area (Å²) in [6.07, 6.45) is 1.66. The van der Waals surface area contributed by atoms with Crippen molar-refractivity contribution in [3.8, 4) is 11.4 Å². The molecule has 1 saturated heterocycles.